The number of halogens is 1. The van der Waals surface area contributed by atoms with Crippen molar-refractivity contribution in [1.29, 1.82) is 0 Å². The number of aromatic nitrogens is 1. The summed E-state index contributed by atoms with van der Waals surface area (Å²) in [7, 11) is 1.90. The van der Waals surface area contributed by atoms with Crippen molar-refractivity contribution < 1.29 is 4.74 Å². The third-order valence-electron chi connectivity index (χ3n) is 3.09. The summed E-state index contributed by atoms with van der Waals surface area (Å²) in [6.07, 6.45) is 0. The van der Waals surface area contributed by atoms with Crippen molar-refractivity contribution >= 4 is 11.6 Å². The van der Waals surface area contributed by atoms with E-state index in [0.717, 1.165) is 22.4 Å². The van der Waals surface area contributed by atoms with Gasteiger partial charge < -0.3 is 10.1 Å². The summed E-state index contributed by atoms with van der Waals surface area (Å²) in [6, 6.07) is 7.79. The molecule has 1 N–H and O–H groups in total. The Kier molecular flexibility index (Phi) is 4.63. The van der Waals surface area contributed by atoms with Gasteiger partial charge in [0.05, 0.1) is 5.02 Å². The summed E-state index contributed by atoms with van der Waals surface area (Å²) in [4.78, 5) is 4.49. The van der Waals surface area contributed by atoms with E-state index >= 15 is 0 Å². The van der Waals surface area contributed by atoms with Crippen molar-refractivity contribution in [3.63, 3.8) is 0 Å². The van der Waals surface area contributed by atoms with Crippen molar-refractivity contribution in [2.45, 2.75) is 27.3 Å². The van der Waals surface area contributed by atoms with Crippen LogP contribution < -0.4 is 10.1 Å². The molecule has 20 heavy (non-hydrogen) atoms. The second kappa shape index (κ2) is 6.25. The highest BCUT2D eigenvalue weighted by Crippen LogP contribution is 2.32. The average molecular weight is 291 g/mol. The van der Waals surface area contributed by atoms with Crippen molar-refractivity contribution in [2.75, 3.05) is 7.05 Å². The van der Waals surface area contributed by atoms with E-state index in [2.05, 4.69) is 23.3 Å². The fourth-order valence-electron chi connectivity index (χ4n) is 2.10. The molecule has 0 atom stereocenters. The maximum Gasteiger partial charge on any atom is 0.224 e. The van der Waals surface area contributed by atoms with Crippen LogP contribution in [0.3, 0.4) is 0 Å². The minimum atomic E-state index is 0.598. The van der Waals surface area contributed by atoms with E-state index in [1.54, 1.807) is 0 Å². The standard InChI is InChI=1S/C16H19ClN2O/c1-10-5-6-15(14(17)7-10)20-16-13(9-18-4)11(2)8-12(3)19-16/h5-8,18H,9H2,1-4H3. The molecule has 0 fully saturated rings. The molecule has 1 heterocycles. The lowest BCUT2D eigenvalue weighted by Gasteiger charge is -2.14. The van der Waals surface area contributed by atoms with Crippen LogP contribution in [-0.2, 0) is 6.54 Å². The molecule has 0 saturated heterocycles. The van der Waals surface area contributed by atoms with E-state index in [-0.39, 0.29) is 0 Å². The number of ether oxygens (including phenoxy) is 1. The highest BCUT2D eigenvalue weighted by Gasteiger charge is 2.12. The van der Waals surface area contributed by atoms with Crippen LogP contribution in [0.15, 0.2) is 24.3 Å². The second-order valence-electron chi connectivity index (χ2n) is 4.93. The van der Waals surface area contributed by atoms with Crippen LogP contribution in [0.4, 0.5) is 0 Å². The summed E-state index contributed by atoms with van der Waals surface area (Å²) in [5, 5.41) is 3.74. The van der Waals surface area contributed by atoms with E-state index < -0.39 is 0 Å². The van der Waals surface area contributed by atoms with Crippen molar-refractivity contribution in [2.24, 2.45) is 0 Å². The molecule has 1 aromatic heterocycles. The number of nitrogens with zero attached hydrogens (tertiary/aromatic N) is 1. The lowest BCUT2D eigenvalue weighted by molar-refractivity contribution is 0.452. The Balaban J connectivity index is 2.41. The van der Waals surface area contributed by atoms with Crippen molar-refractivity contribution in [3.05, 3.63) is 51.7 Å². The van der Waals surface area contributed by atoms with E-state index in [1.807, 2.05) is 39.1 Å². The van der Waals surface area contributed by atoms with Gasteiger partial charge in [-0.1, -0.05) is 17.7 Å². The maximum absolute atomic E-state index is 6.22. The quantitative estimate of drug-likeness (QED) is 0.917. The number of rotatable bonds is 4. The van der Waals surface area contributed by atoms with Crippen LogP contribution in [0, 0.1) is 20.8 Å². The lowest BCUT2D eigenvalue weighted by atomic mass is 10.1. The van der Waals surface area contributed by atoms with E-state index in [4.69, 9.17) is 16.3 Å². The zero-order valence-corrected chi connectivity index (χ0v) is 13.0. The van der Waals surface area contributed by atoms with Gasteiger partial charge in [0.1, 0.15) is 5.75 Å². The first kappa shape index (κ1) is 14.8. The summed E-state index contributed by atoms with van der Waals surface area (Å²) >= 11 is 6.22. The molecule has 0 saturated carbocycles. The number of aryl methyl sites for hydroxylation is 3. The smallest absolute Gasteiger partial charge is 0.224 e. The molecule has 0 spiro atoms. The molecule has 3 nitrogen and oxygen atoms in total. The van der Waals surface area contributed by atoms with Gasteiger partial charge in [0.2, 0.25) is 5.88 Å². The molecule has 4 heteroatoms. The largest absolute Gasteiger partial charge is 0.437 e. The van der Waals surface area contributed by atoms with Crippen molar-refractivity contribution in [3.8, 4) is 11.6 Å². The molecule has 2 aromatic rings. The van der Waals surface area contributed by atoms with Gasteiger partial charge in [0.15, 0.2) is 0 Å². The van der Waals surface area contributed by atoms with Gasteiger partial charge in [-0.05, 0) is 57.1 Å². The lowest BCUT2D eigenvalue weighted by Crippen LogP contribution is -2.09. The maximum atomic E-state index is 6.22. The fourth-order valence-corrected chi connectivity index (χ4v) is 2.37. The van der Waals surface area contributed by atoms with E-state index in [9.17, 15) is 0 Å². The molecule has 0 amide bonds. The van der Waals surface area contributed by atoms with Gasteiger partial charge in [-0.3, -0.25) is 0 Å². The third kappa shape index (κ3) is 3.30. The van der Waals surface area contributed by atoms with Crippen LogP contribution in [0.25, 0.3) is 0 Å². The first-order chi connectivity index (χ1) is 9.51. The molecule has 0 aliphatic carbocycles. The molecule has 0 aliphatic rings. The van der Waals surface area contributed by atoms with Crippen LogP contribution in [-0.4, -0.2) is 12.0 Å². The minimum Gasteiger partial charge on any atom is -0.437 e. The average Bonchev–Trinajstić information content (AvgIpc) is 2.37. The summed E-state index contributed by atoms with van der Waals surface area (Å²) in [6.45, 7) is 6.72. The Bertz CT molecular complexity index is 626. The van der Waals surface area contributed by atoms with Crippen molar-refractivity contribution in [1.82, 2.24) is 10.3 Å². The second-order valence-corrected chi connectivity index (χ2v) is 5.34. The molecular weight excluding hydrogens is 272 g/mol. The Morgan fingerprint density at radius 1 is 1.20 bits per heavy atom. The molecule has 0 unspecified atom stereocenters. The number of hydrogen-bond acceptors (Lipinski definition) is 3. The van der Waals surface area contributed by atoms with Crippen LogP contribution in [0.5, 0.6) is 11.6 Å². The molecule has 2 rings (SSSR count). The van der Waals surface area contributed by atoms with Crippen LogP contribution in [0.1, 0.15) is 22.4 Å². The number of nitrogens with one attached hydrogen (secondary N) is 1. The Morgan fingerprint density at radius 2 is 1.95 bits per heavy atom. The first-order valence-corrected chi connectivity index (χ1v) is 6.94. The van der Waals surface area contributed by atoms with Gasteiger partial charge in [0, 0.05) is 17.8 Å². The minimum absolute atomic E-state index is 0.598. The van der Waals surface area contributed by atoms with Gasteiger partial charge in [-0.2, -0.15) is 0 Å². The van der Waals surface area contributed by atoms with Crippen LogP contribution in [0.2, 0.25) is 5.02 Å². The van der Waals surface area contributed by atoms with Gasteiger partial charge in [-0.25, -0.2) is 4.98 Å². The molecular formula is C16H19ClN2O. The summed E-state index contributed by atoms with van der Waals surface area (Å²) in [5.41, 5.74) is 4.24. The fraction of sp³-hybridized carbons (Fsp3) is 0.312. The van der Waals surface area contributed by atoms with Crippen LogP contribution >= 0.6 is 11.6 Å². The highest BCUT2D eigenvalue weighted by atomic mass is 35.5. The highest BCUT2D eigenvalue weighted by molar-refractivity contribution is 6.32. The Morgan fingerprint density at radius 3 is 2.60 bits per heavy atom. The summed E-state index contributed by atoms with van der Waals surface area (Å²) in [5.74, 6) is 1.25. The first-order valence-electron chi connectivity index (χ1n) is 6.57. The SMILES string of the molecule is CNCc1c(C)cc(C)nc1Oc1ccc(C)cc1Cl. The number of benzene rings is 1. The molecule has 1 aromatic carbocycles. The zero-order valence-electron chi connectivity index (χ0n) is 12.2. The normalized spacial score (nSPS) is 10.7. The third-order valence-corrected chi connectivity index (χ3v) is 3.38. The number of hydrogen-bond donors (Lipinski definition) is 1. The Hall–Kier alpha value is -1.58. The van der Waals surface area contributed by atoms with Gasteiger partial charge in [0.25, 0.3) is 0 Å². The van der Waals surface area contributed by atoms with Gasteiger partial charge >= 0.3 is 0 Å². The topological polar surface area (TPSA) is 34.2 Å². The Labute approximate surface area is 124 Å². The molecule has 0 radical (unpaired) electrons. The zero-order chi connectivity index (χ0) is 14.7. The van der Waals surface area contributed by atoms with Gasteiger partial charge in [-0.15, -0.1) is 0 Å². The molecule has 106 valence electrons. The monoisotopic (exact) mass is 290 g/mol. The predicted octanol–water partition coefficient (Wildman–Crippen LogP) is 4.17. The predicted molar refractivity (Wildman–Crippen MR) is 82.7 cm³/mol. The van der Waals surface area contributed by atoms with E-state index in [0.29, 0.717) is 23.2 Å². The van der Waals surface area contributed by atoms with E-state index in [1.165, 1.54) is 0 Å². The molecule has 0 aliphatic heterocycles. The number of pyridine rings is 1. The molecule has 0 bridgehead atoms. The summed E-state index contributed by atoms with van der Waals surface area (Å²) < 4.78 is 5.93.